The minimum Gasteiger partial charge on any atom is -0.421 e. The second-order valence-electron chi connectivity index (χ2n) is 3.81. The maximum Gasteiger partial charge on any atom is 0.343 e. The molecule has 9 heteroatoms. The first-order valence-electron chi connectivity index (χ1n) is 5.49. The molecule has 0 aliphatic carbocycles. The van der Waals surface area contributed by atoms with E-state index < -0.39 is 12.6 Å². The Balaban J connectivity index is 2.43. The van der Waals surface area contributed by atoms with Crippen molar-refractivity contribution in [3.05, 3.63) is 29.2 Å². The van der Waals surface area contributed by atoms with Crippen LogP contribution in [0.4, 0.5) is 10.1 Å². The molecule has 3 rings (SSSR count). The summed E-state index contributed by atoms with van der Waals surface area (Å²) in [6.07, 6.45) is 0. The lowest BCUT2D eigenvalue weighted by molar-refractivity contribution is -0.135. The summed E-state index contributed by atoms with van der Waals surface area (Å²) in [7, 11) is 0. The lowest BCUT2D eigenvalue weighted by Crippen LogP contribution is -2.10. The van der Waals surface area contributed by atoms with Crippen molar-refractivity contribution < 1.29 is 13.9 Å². The number of aromatic nitrogens is 4. The number of hydrogen-bond donors (Lipinski definition) is 0. The predicted octanol–water partition coefficient (Wildman–Crippen LogP) is 1.55. The molecule has 0 N–H and O–H groups in total. The van der Waals surface area contributed by atoms with Crippen LogP contribution < -0.4 is 4.74 Å². The molecule has 3 aromatic rings. The number of benzene rings is 1. The maximum atomic E-state index is 12.3. The first-order chi connectivity index (χ1) is 9.76. The highest BCUT2D eigenvalue weighted by Gasteiger charge is 2.21. The first kappa shape index (κ1) is 12.1. The largest absolute Gasteiger partial charge is 0.421 e. The minimum atomic E-state index is -1.32. The van der Waals surface area contributed by atoms with Crippen molar-refractivity contribution in [3.8, 4) is 5.75 Å². The molecule has 0 fully saturated rings. The summed E-state index contributed by atoms with van der Waals surface area (Å²) in [5.74, 6) is -1.28. The van der Waals surface area contributed by atoms with Crippen LogP contribution in [0.3, 0.4) is 0 Å². The maximum absolute atomic E-state index is 12.3. The van der Waals surface area contributed by atoms with Crippen LogP contribution in [-0.4, -0.2) is 32.7 Å². The number of tetrazole rings is 1. The molecule has 0 aliphatic heterocycles. The zero-order valence-electron chi connectivity index (χ0n) is 9.86. The number of esters is 1. The van der Waals surface area contributed by atoms with E-state index in [4.69, 9.17) is 4.74 Å². The lowest BCUT2D eigenvalue weighted by Gasteiger charge is -2.09. The molecule has 2 aromatic heterocycles. The summed E-state index contributed by atoms with van der Waals surface area (Å²) in [4.78, 5) is 22.2. The van der Waals surface area contributed by atoms with Crippen molar-refractivity contribution in [1.82, 2.24) is 20.0 Å². The molecule has 8 nitrogen and oxygen atoms in total. The molecular weight excluding hydrogens is 269 g/mol. The second kappa shape index (κ2) is 4.61. The molecule has 100 valence electrons. The molecule has 0 aliphatic rings. The van der Waals surface area contributed by atoms with Gasteiger partial charge in [-0.2, -0.15) is 4.52 Å². The third-order valence-electron chi connectivity index (χ3n) is 2.69. The van der Waals surface area contributed by atoms with Gasteiger partial charge in [-0.3, -0.25) is 0 Å². The molecule has 0 bridgehead atoms. The zero-order chi connectivity index (χ0) is 14.1. The Morgan fingerprint density at radius 1 is 1.40 bits per heavy atom. The summed E-state index contributed by atoms with van der Waals surface area (Å²) in [6, 6.07) is 6.64. The van der Waals surface area contributed by atoms with Crippen LogP contribution in [-0.2, 0) is 4.79 Å². The van der Waals surface area contributed by atoms with Gasteiger partial charge in [0.1, 0.15) is 0 Å². The Morgan fingerprint density at radius 2 is 2.20 bits per heavy atom. The fraction of sp³-hybridized carbons (Fsp3) is 0.0909. The molecule has 0 atom stereocenters. The van der Waals surface area contributed by atoms with Crippen LogP contribution in [0.25, 0.3) is 16.6 Å². The van der Waals surface area contributed by atoms with Gasteiger partial charge in [-0.05, 0) is 27.7 Å². The SMILES string of the molecule is O=Nc1c(OC(=O)CF)c2ccccc2n2nnnc12. The van der Waals surface area contributed by atoms with E-state index in [2.05, 4.69) is 20.7 Å². The number of halogens is 1. The monoisotopic (exact) mass is 275 g/mol. The Labute approximate surface area is 110 Å². The summed E-state index contributed by atoms with van der Waals surface area (Å²) >= 11 is 0. The van der Waals surface area contributed by atoms with Crippen molar-refractivity contribution in [3.63, 3.8) is 0 Å². The van der Waals surface area contributed by atoms with Gasteiger partial charge < -0.3 is 4.74 Å². The number of hydrogen-bond acceptors (Lipinski definition) is 7. The van der Waals surface area contributed by atoms with Gasteiger partial charge in [-0.25, -0.2) is 9.18 Å². The van der Waals surface area contributed by atoms with Gasteiger partial charge in [0.05, 0.1) is 5.52 Å². The molecule has 0 radical (unpaired) electrons. The van der Waals surface area contributed by atoms with Gasteiger partial charge >= 0.3 is 5.97 Å². The third-order valence-corrected chi connectivity index (χ3v) is 2.69. The number of fused-ring (bicyclic) bond motifs is 3. The lowest BCUT2D eigenvalue weighted by atomic mass is 10.2. The molecular formula is C11H6FN5O3. The highest BCUT2D eigenvalue weighted by atomic mass is 19.1. The van der Waals surface area contributed by atoms with Gasteiger partial charge in [0.15, 0.2) is 18.1 Å². The number of nitroso groups, excluding NO2 is 1. The van der Waals surface area contributed by atoms with E-state index in [0.717, 1.165) is 0 Å². The number of alkyl halides is 1. The van der Waals surface area contributed by atoms with Crippen molar-refractivity contribution in [2.45, 2.75) is 0 Å². The Bertz CT molecular complexity index is 831. The molecule has 0 spiro atoms. The van der Waals surface area contributed by atoms with Crippen molar-refractivity contribution >= 4 is 28.2 Å². The second-order valence-corrected chi connectivity index (χ2v) is 3.81. The van der Waals surface area contributed by atoms with Gasteiger partial charge in [0.25, 0.3) is 0 Å². The van der Waals surface area contributed by atoms with Crippen molar-refractivity contribution in [1.29, 1.82) is 0 Å². The number of ether oxygens (including phenoxy) is 1. The van der Waals surface area contributed by atoms with Gasteiger partial charge in [0.2, 0.25) is 5.65 Å². The number of carbonyl (C=O) groups excluding carboxylic acids is 1. The van der Waals surface area contributed by atoms with E-state index in [1.165, 1.54) is 4.52 Å². The van der Waals surface area contributed by atoms with E-state index >= 15 is 0 Å². The Morgan fingerprint density at radius 3 is 2.95 bits per heavy atom. The van der Waals surface area contributed by atoms with E-state index in [1.54, 1.807) is 24.3 Å². The molecule has 2 heterocycles. The van der Waals surface area contributed by atoms with Crippen LogP contribution in [0, 0.1) is 4.91 Å². The standard InChI is InChI=1S/C11H6FN5O3/c12-5-8(18)20-10-6-3-1-2-4-7(6)17-11(9(10)14-19)13-15-16-17/h1-4H,5H2. The van der Waals surface area contributed by atoms with E-state index in [1.807, 2.05) is 0 Å². The smallest absolute Gasteiger partial charge is 0.343 e. The highest BCUT2D eigenvalue weighted by Crippen LogP contribution is 2.38. The summed E-state index contributed by atoms with van der Waals surface area (Å²) in [5, 5.41) is 14.0. The quantitative estimate of drug-likeness (QED) is 0.531. The number of rotatable bonds is 3. The minimum absolute atomic E-state index is 0.0281. The first-order valence-corrected chi connectivity index (χ1v) is 5.49. The van der Waals surface area contributed by atoms with Crippen LogP contribution >= 0.6 is 0 Å². The normalized spacial score (nSPS) is 10.8. The van der Waals surface area contributed by atoms with Crippen LogP contribution in [0.5, 0.6) is 5.75 Å². The number of nitrogens with zero attached hydrogens (tertiary/aromatic N) is 5. The van der Waals surface area contributed by atoms with Gasteiger partial charge in [-0.15, -0.1) is 10.0 Å². The Hall–Kier alpha value is -2.97. The van der Waals surface area contributed by atoms with Gasteiger partial charge in [-0.1, -0.05) is 12.1 Å². The number of pyridine rings is 1. The summed E-state index contributed by atoms with van der Waals surface area (Å²) in [5.41, 5.74) is 0.275. The van der Waals surface area contributed by atoms with Crippen molar-refractivity contribution in [2.75, 3.05) is 6.67 Å². The molecule has 1 aromatic carbocycles. The molecule has 0 amide bonds. The zero-order valence-corrected chi connectivity index (χ0v) is 9.86. The molecule has 0 saturated heterocycles. The summed E-state index contributed by atoms with van der Waals surface area (Å²) < 4.78 is 18.5. The average molecular weight is 275 g/mol. The fourth-order valence-electron chi connectivity index (χ4n) is 1.90. The molecule has 0 unspecified atom stereocenters. The molecule has 20 heavy (non-hydrogen) atoms. The van der Waals surface area contributed by atoms with E-state index in [0.29, 0.717) is 10.9 Å². The van der Waals surface area contributed by atoms with Gasteiger partial charge in [0, 0.05) is 5.39 Å². The van der Waals surface area contributed by atoms with Crippen LogP contribution in [0.1, 0.15) is 0 Å². The average Bonchev–Trinajstić information content (AvgIpc) is 2.96. The highest BCUT2D eigenvalue weighted by molar-refractivity contribution is 5.97. The number of carbonyl (C=O) groups is 1. The van der Waals surface area contributed by atoms with Crippen LogP contribution in [0.2, 0.25) is 0 Å². The fourth-order valence-corrected chi connectivity index (χ4v) is 1.90. The van der Waals surface area contributed by atoms with E-state index in [-0.39, 0.29) is 17.1 Å². The third kappa shape index (κ3) is 1.67. The number of para-hydroxylation sites is 1. The topological polar surface area (TPSA) is 98.8 Å². The molecule has 0 saturated carbocycles. The Kier molecular flexibility index (Phi) is 2.78. The predicted molar refractivity (Wildman–Crippen MR) is 65.4 cm³/mol. The van der Waals surface area contributed by atoms with Crippen molar-refractivity contribution in [2.24, 2.45) is 5.18 Å². The summed E-state index contributed by atoms with van der Waals surface area (Å²) in [6.45, 7) is -1.32. The van der Waals surface area contributed by atoms with E-state index in [9.17, 15) is 14.1 Å². The van der Waals surface area contributed by atoms with Crippen LogP contribution in [0.15, 0.2) is 29.4 Å².